The summed E-state index contributed by atoms with van der Waals surface area (Å²) in [6, 6.07) is 0. The molecule has 4 heteroatoms. The third kappa shape index (κ3) is 5.44. The minimum atomic E-state index is -4.16. The molecule has 0 saturated carbocycles. The highest BCUT2D eigenvalue weighted by Gasteiger charge is 2.33. The first-order valence-corrected chi connectivity index (χ1v) is 4.14. The quantitative estimate of drug-likeness (QED) is 0.607. The molecule has 0 heterocycles. The Morgan fingerprint density at radius 3 is 2.38 bits per heavy atom. The molecule has 1 unspecified atom stereocenters. The molecule has 0 aromatic rings. The fourth-order valence-electron chi connectivity index (χ4n) is 0.500. The number of nitrogens with zero attached hydrogens (tertiary/aromatic N) is 1. The molecule has 0 rings (SSSR count). The van der Waals surface area contributed by atoms with E-state index in [9.17, 15) is 13.2 Å². The van der Waals surface area contributed by atoms with Gasteiger partial charge in [0.1, 0.15) is 0 Å². The number of aliphatic imine (C=N–C) groups is 1. The van der Waals surface area contributed by atoms with Gasteiger partial charge in [-0.3, -0.25) is 4.99 Å². The molecule has 0 spiro atoms. The number of allylic oxidation sites excluding steroid dienone is 1. The molecule has 0 aliphatic heterocycles. The highest BCUT2D eigenvalue weighted by Crippen LogP contribution is 2.26. The van der Waals surface area contributed by atoms with Gasteiger partial charge in [-0.1, -0.05) is 19.9 Å². The van der Waals surface area contributed by atoms with Crippen LogP contribution < -0.4 is 0 Å². The van der Waals surface area contributed by atoms with Crippen molar-refractivity contribution in [3.05, 3.63) is 12.3 Å². The van der Waals surface area contributed by atoms with Gasteiger partial charge in [-0.25, -0.2) is 0 Å². The van der Waals surface area contributed by atoms with Crippen molar-refractivity contribution in [1.82, 2.24) is 0 Å². The molecule has 0 aliphatic carbocycles. The van der Waals surface area contributed by atoms with Crippen LogP contribution in [0.15, 0.2) is 17.3 Å². The average Bonchev–Trinajstić information content (AvgIpc) is 2.02. The molecule has 0 N–H and O–H groups in total. The predicted octanol–water partition coefficient (Wildman–Crippen LogP) is 3.57. The third-order valence-corrected chi connectivity index (χ3v) is 1.70. The van der Waals surface area contributed by atoms with Crippen molar-refractivity contribution in [3.8, 4) is 0 Å². The minimum absolute atomic E-state index is 0.755. The normalized spacial score (nSPS) is 16.6. The second-order valence-corrected chi connectivity index (χ2v) is 2.89. The Bertz CT molecular complexity index is 203. The molecule has 0 aromatic carbocycles. The van der Waals surface area contributed by atoms with Gasteiger partial charge in [0, 0.05) is 11.9 Å². The van der Waals surface area contributed by atoms with Crippen molar-refractivity contribution in [1.29, 1.82) is 0 Å². The number of hydrogen-bond donors (Lipinski definition) is 0. The first kappa shape index (κ1) is 12.2. The lowest BCUT2D eigenvalue weighted by atomic mass is 10.2. The predicted molar refractivity (Wildman–Crippen MR) is 47.8 cm³/mol. The van der Waals surface area contributed by atoms with E-state index in [1.807, 2.05) is 6.92 Å². The van der Waals surface area contributed by atoms with Crippen LogP contribution in [-0.4, -0.2) is 11.9 Å². The Morgan fingerprint density at radius 2 is 2.00 bits per heavy atom. The Balaban J connectivity index is 4.14. The smallest absolute Gasteiger partial charge is 0.266 e. The first-order chi connectivity index (χ1) is 5.88. The lowest BCUT2D eigenvalue weighted by Crippen LogP contribution is -2.17. The van der Waals surface area contributed by atoms with E-state index in [0.29, 0.717) is 0 Å². The zero-order valence-corrected chi connectivity index (χ0v) is 8.02. The van der Waals surface area contributed by atoms with Gasteiger partial charge in [0.25, 0.3) is 0 Å². The molecule has 0 aliphatic rings. The zero-order chi connectivity index (χ0) is 10.5. The van der Waals surface area contributed by atoms with Crippen LogP contribution in [0.4, 0.5) is 13.2 Å². The highest BCUT2D eigenvalue weighted by atomic mass is 19.4. The molecule has 1 nitrogen and oxygen atoms in total. The second-order valence-electron chi connectivity index (χ2n) is 2.89. The van der Waals surface area contributed by atoms with Crippen LogP contribution in [0.5, 0.6) is 0 Å². The van der Waals surface area contributed by atoms with E-state index in [1.54, 1.807) is 6.92 Å². The van der Waals surface area contributed by atoms with Crippen molar-refractivity contribution in [2.24, 2.45) is 10.9 Å². The van der Waals surface area contributed by atoms with E-state index in [4.69, 9.17) is 0 Å². The molecule has 0 bridgehead atoms. The topological polar surface area (TPSA) is 12.4 Å². The van der Waals surface area contributed by atoms with Crippen molar-refractivity contribution < 1.29 is 13.2 Å². The SMILES string of the molecule is CCC(C)=N/C=C\C(C)C(F)(F)F. The van der Waals surface area contributed by atoms with Crippen molar-refractivity contribution >= 4 is 5.71 Å². The van der Waals surface area contributed by atoms with Crippen LogP contribution >= 0.6 is 0 Å². The largest absolute Gasteiger partial charge is 0.394 e. The van der Waals surface area contributed by atoms with E-state index >= 15 is 0 Å². The van der Waals surface area contributed by atoms with E-state index in [2.05, 4.69) is 4.99 Å². The van der Waals surface area contributed by atoms with Crippen LogP contribution in [0.3, 0.4) is 0 Å². The Labute approximate surface area is 76.4 Å². The third-order valence-electron chi connectivity index (χ3n) is 1.70. The first-order valence-electron chi connectivity index (χ1n) is 4.14. The zero-order valence-electron chi connectivity index (χ0n) is 8.02. The summed E-state index contributed by atoms with van der Waals surface area (Å²) in [5.74, 6) is -1.43. The van der Waals surface area contributed by atoms with Crippen molar-refractivity contribution in [3.63, 3.8) is 0 Å². The maximum atomic E-state index is 12.0. The summed E-state index contributed by atoms with van der Waals surface area (Å²) >= 11 is 0. The van der Waals surface area contributed by atoms with Gasteiger partial charge in [0.15, 0.2) is 0 Å². The Hall–Kier alpha value is -0.800. The molecule has 0 saturated heterocycles. The standard InChI is InChI=1S/C9H14F3N/c1-4-8(3)13-6-5-7(2)9(10,11)12/h5-7H,4H2,1-3H3/b6-5-,13-8?. The maximum Gasteiger partial charge on any atom is 0.394 e. The molecule has 13 heavy (non-hydrogen) atoms. The van der Waals surface area contributed by atoms with Crippen LogP contribution in [0, 0.1) is 5.92 Å². The van der Waals surface area contributed by atoms with E-state index in [-0.39, 0.29) is 0 Å². The summed E-state index contributed by atoms with van der Waals surface area (Å²) in [5, 5.41) is 0. The van der Waals surface area contributed by atoms with Gasteiger partial charge >= 0.3 is 6.18 Å². The molecule has 0 fully saturated rings. The monoisotopic (exact) mass is 193 g/mol. The molecule has 76 valence electrons. The molecule has 0 radical (unpaired) electrons. The number of hydrogen-bond acceptors (Lipinski definition) is 1. The van der Waals surface area contributed by atoms with Gasteiger partial charge in [0.2, 0.25) is 0 Å². The number of rotatable bonds is 3. The molecular weight excluding hydrogens is 179 g/mol. The van der Waals surface area contributed by atoms with Crippen molar-refractivity contribution in [2.75, 3.05) is 0 Å². The van der Waals surface area contributed by atoms with Gasteiger partial charge in [-0.15, -0.1) is 0 Å². The molecule has 0 aromatic heterocycles. The van der Waals surface area contributed by atoms with E-state index in [0.717, 1.165) is 25.1 Å². The Morgan fingerprint density at radius 1 is 1.46 bits per heavy atom. The summed E-state index contributed by atoms with van der Waals surface area (Å²) in [6.07, 6.45) is -1.13. The summed E-state index contributed by atoms with van der Waals surface area (Å²) < 4.78 is 35.9. The lowest BCUT2D eigenvalue weighted by molar-refractivity contribution is -0.156. The van der Waals surface area contributed by atoms with Crippen LogP contribution in [0.1, 0.15) is 27.2 Å². The highest BCUT2D eigenvalue weighted by molar-refractivity contribution is 5.82. The minimum Gasteiger partial charge on any atom is -0.266 e. The summed E-state index contributed by atoms with van der Waals surface area (Å²) in [6.45, 7) is 4.79. The van der Waals surface area contributed by atoms with Gasteiger partial charge in [-0.2, -0.15) is 13.2 Å². The fraction of sp³-hybridized carbons (Fsp3) is 0.667. The maximum absolute atomic E-state index is 12.0. The summed E-state index contributed by atoms with van der Waals surface area (Å²) in [5.41, 5.74) is 0.825. The lowest BCUT2D eigenvalue weighted by Gasteiger charge is -2.09. The summed E-state index contributed by atoms with van der Waals surface area (Å²) in [7, 11) is 0. The second kappa shape index (κ2) is 5.04. The van der Waals surface area contributed by atoms with Gasteiger partial charge in [-0.05, 0) is 13.3 Å². The fourth-order valence-corrected chi connectivity index (χ4v) is 0.500. The number of alkyl halides is 3. The summed E-state index contributed by atoms with van der Waals surface area (Å²) in [4.78, 5) is 3.83. The Kier molecular flexibility index (Phi) is 4.73. The number of halogens is 3. The van der Waals surface area contributed by atoms with E-state index < -0.39 is 12.1 Å². The molecular formula is C9H14F3N. The van der Waals surface area contributed by atoms with Crippen LogP contribution in [0.2, 0.25) is 0 Å². The molecule has 0 amide bonds. The van der Waals surface area contributed by atoms with Gasteiger partial charge < -0.3 is 0 Å². The van der Waals surface area contributed by atoms with Crippen LogP contribution in [-0.2, 0) is 0 Å². The van der Waals surface area contributed by atoms with Gasteiger partial charge in [0.05, 0.1) is 5.92 Å². The van der Waals surface area contributed by atoms with Crippen LogP contribution in [0.25, 0.3) is 0 Å². The van der Waals surface area contributed by atoms with Crippen molar-refractivity contribution in [2.45, 2.75) is 33.4 Å². The molecule has 1 atom stereocenters. The average molecular weight is 193 g/mol. The van der Waals surface area contributed by atoms with E-state index in [1.165, 1.54) is 6.20 Å².